The fourth-order valence-corrected chi connectivity index (χ4v) is 3.80. The quantitative estimate of drug-likeness (QED) is 0.667. The topological polar surface area (TPSA) is 83.6 Å². The summed E-state index contributed by atoms with van der Waals surface area (Å²) in [5, 5.41) is 8.84. The van der Waals surface area contributed by atoms with Crippen LogP contribution in [-0.2, 0) is 10.0 Å². The first-order chi connectivity index (χ1) is 7.45. The van der Waals surface area contributed by atoms with Gasteiger partial charge in [-0.1, -0.05) is 12.2 Å². The lowest BCUT2D eigenvalue weighted by atomic mass is 9.97. The van der Waals surface area contributed by atoms with E-state index < -0.39 is 10.0 Å². The molecule has 0 saturated carbocycles. The number of aliphatic hydroxyl groups excluding tert-OH is 1. The number of hydrogen-bond donors (Lipinski definition) is 2. The van der Waals surface area contributed by atoms with E-state index in [4.69, 9.17) is 10.8 Å². The second-order valence-corrected chi connectivity index (χ2v) is 6.59. The molecule has 7 heteroatoms. The minimum atomic E-state index is -3.35. The van der Waals surface area contributed by atoms with Crippen molar-refractivity contribution in [3.05, 3.63) is 0 Å². The molecule has 1 heterocycles. The SMILES string of the molecule is NC(=S)CS(=O)(=O)N1CCCC(CCO)C1. The highest BCUT2D eigenvalue weighted by molar-refractivity contribution is 7.92. The van der Waals surface area contributed by atoms with Crippen LogP contribution in [0.1, 0.15) is 19.3 Å². The van der Waals surface area contributed by atoms with Crippen molar-refractivity contribution in [2.24, 2.45) is 11.7 Å². The smallest absolute Gasteiger partial charge is 0.220 e. The van der Waals surface area contributed by atoms with Crippen molar-refractivity contribution in [1.82, 2.24) is 4.31 Å². The number of thiocarbonyl (C=S) groups is 1. The van der Waals surface area contributed by atoms with Crippen LogP contribution in [0.15, 0.2) is 0 Å². The van der Waals surface area contributed by atoms with E-state index in [1.54, 1.807) is 0 Å². The molecule has 94 valence electrons. The Morgan fingerprint density at radius 1 is 1.56 bits per heavy atom. The molecule has 0 aromatic rings. The molecule has 0 bridgehead atoms. The first-order valence-corrected chi connectivity index (χ1v) is 7.34. The summed E-state index contributed by atoms with van der Waals surface area (Å²) in [6, 6.07) is 0. The average molecular weight is 266 g/mol. The van der Waals surface area contributed by atoms with Crippen LogP contribution in [0, 0.1) is 5.92 Å². The Bertz CT molecular complexity index is 341. The molecule has 5 nitrogen and oxygen atoms in total. The molecule has 0 aromatic carbocycles. The lowest BCUT2D eigenvalue weighted by molar-refractivity contribution is 0.203. The van der Waals surface area contributed by atoms with Gasteiger partial charge in [-0.15, -0.1) is 0 Å². The summed E-state index contributed by atoms with van der Waals surface area (Å²) in [7, 11) is -3.35. The second-order valence-electron chi connectivity index (χ2n) is 4.10. The third kappa shape index (κ3) is 3.97. The molecule has 1 aliphatic rings. The van der Waals surface area contributed by atoms with Gasteiger partial charge in [0.15, 0.2) is 0 Å². The Morgan fingerprint density at radius 2 is 2.25 bits per heavy atom. The highest BCUT2D eigenvalue weighted by atomic mass is 32.2. The maximum atomic E-state index is 11.8. The van der Waals surface area contributed by atoms with Crippen molar-refractivity contribution >= 4 is 27.2 Å². The van der Waals surface area contributed by atoms with Gasteiger partial charge in [0.25, 0.3) is 0 Å². The van der Waals surface area contributed by atoms with Gasteiger partial charge in [0, 0.05) is 19.7 Å². The van der Waals surface area contributed by atoms with Crippen LogP contribution in [0.3, 0.4) is 0 Å². The predicted molar refractivity (Wildman–Crippen MR) is 66.6 cm³/mol. The molecule has 1 rings (SSSR count). The Hall–Kier alpha value is -0.240. The fraction of sp³-hybridized carbons (Fsp3) is 0.889. The molecular weight excluding hydrogens is 248 g/mol. The van der Waals surface area contributed by atoms with E-state index in [0.29, 0.717) is 19.5 Å². The van der Waals surface area contributed by atoms with Crippen molar-refractivity contribution in [2.75, 3.05) is 25.4 Å². The Kier molecular flexibility index (Phi) is 5.10. The van der Waals surface area contributed by atoms with Gasteiger partial charge in [0.05, 0.1) is 4.99 Å². The summed E-state index contributed by atoms with van der Waals surface area (Å²) < 4.78 is 25.1. The number of hydrogen-bond acceptors (Lipinski definition) is 4. The van der Waals surface area contributed by atoms with Gasteiger partial charge in [0.2, 0.25) is 10.0 Å². The zero-order valence-corrected chi connectivity index (χ0v) is 10.8. The molecule has 1 saturated heterocycles. The molecule has 0 aliphatic carbocycles. The second kappa shape index (κ2) is 5.90. The summed E-state index contributed by atoms with van der Waals surface area (Å²) in [6.07, 6.45) is 2.46. The summed E-state index contributed by atoms with van der Waals surface area (Å²) in [6.45, 7) is 1.12. The third-order valence-corrected chi connectivity index (χ3v) is 4.86. The highest BCUT2D eigenvalue weighted by Crippen LogP contribution is 2.21. The van der Waals surface area contributed by atoms with Gasteiger partial charge in [0.1, 0.15) is 5.75 Å². The fourth-order valence-electron chi connectivity index (χ4n) is 1.97. The lowest BCUT2D eigenvalue weighted by Crippen LogP contribution is -2.43. The molecule has 1 atom stereocenters. The molecule has 3 N–H and O–H groups in total. The molecule has 1 fully saturated rings. The van der Waals surface area contributed by atoms with Crippen molar-refractivity contribution in [3.8, 4) is 0 Å². The number of nitrogens with two attached hydrogens (primary N) is 1. The molecule has 1 unspecified atom stereocenters. The number of sulfonamides is 1. The van der Waals surface area contributed by atoms with Gasteiger partial charge in [-0.05, 0) is 25.2 Å². The van der Waals surface area contributed by atoms with Crippen LogP contribution in [0.5, 0.6) is 0 Å². The molecule has 1 aliphatic heterocycles. The molecule has 0 aromatic heterocycles. The van der Waals surface area contributed by atoms with E-state index in [0.717, 1.165) is 12.8 Å². The number of piperidine rings is 1. The Labute approximate surface area is 102 Å². The van der Waals surface area contributed by atoms with Gasteiger partial charge < -0.3 is 10.8 Å². The van der Waals surface area contributed by atoms with Gasteiger partial charge >= 0.3 is 0 Å². The van der Waals surface area contributed by atoms with Crippen molar-refractivity contribution in [3.63, 3.8) is 0 Å². The van der Waals surface area contributed by atoms with Crippen LogP contribution in [0.25, 0.3) is 0 Å². The highest BCUT2D eigenvalue weighted by Gasteiger charge is 2.28. The number of rotatable bonds is 5. The van der Waals surface area contributed by atoms with E-state index in [2.05, 4.69) is 12.2 Å². The lowest BCUT2D eigenvalue weighted by Gasteiger charge is -2.31. The van der Waals surface area contributed by atoms with Crippen LogP contribution in [-0.4, -0.2) is 48.3 Å². The Morgan fingerprint density at radius 3 is 2.81 bits per heavy atom. The van der Waals surface area contributed by atoms with Gasteiger partial charge in [-0.2, -0.15) is 0 Å². The largest absolute Gasteiger partial charge is 0.396 e. The van der Waals surface area contributed by atoms with Gasteiger partial charge in [-0.3, -0.25) is 0 Å². The van der Waals surface area contributed by atoms with E-state index in [-0.39, 0.29) is 23.3 Å². The standard InChI is InChI=1S/C9H18N2O3S2/c10-9(15)7-16(13,14)11-4-1-2-8(6-11)3-5-12/h8,12H,1-7H2,(H2,10,15). The van der Waals surface area contributed by atoms with Gasteiger partial charge in [-0.25, -0.2) is 12.7 Å². The summed E-state index contributed by atoms with van der Waals surface area (Å²) in [5.74, 6) is -0.00589. The van der Waals surface area contributed by atoms with Crippen LogP contribution < -0.4 is 5.73 Å². The minimum Gasteiger partial charge on any atom is -0.396 e. The van der Waals surface area contributed by atoms with Crippen LogP contribution in [0.2, 0.25) is 0 Å². The van der Waals surface area contributed by atoms with Crippen molar-refractivity contribution < 1.29 is 13.5 Å². The van der Waals surface area contributed by atoms with E-state index in [1.165, 1.54) is 4.31 Å². The zero-order chi connectivity index (χ0) is 12.2. The number of nitrogens with zero attached hydrogens (tertiary/aromatic N) is 1. The number of aliphatic hydroxyl groups is 1. The molecule has 0 amide bonds. The summed E-state index contributed by atoms with van der Waals surface area (Å²) >= 11 is 4.63. The van der Waals surface area contributed by atoms with Crippen molar-refractivity contribution in [2.45, 2.75) is 19.3 Å². The normalized spacial score (nSPS) is 23.2. The van der Waals surface area contributed by atoms with Crippen molar-refractivity contribution in [1.29, 1.82) is 0 Å². The average Bonchev–Trinajstić information content (AvgIpc) is 2.16. The molecule has 0 spiro atoms. The van der Waals surface area contributed by atoms with Crippen LogP contribution in [0.4, 0.5) is 0 Å². The van der Waals surface area contributed by atoms with E-state index in [1.807, 2.05) is 0 Å². The summed E-state index contributed by atoms with van der Waals surface area (Å²) in [5.41, 5.74) is 5.26. The summed E-state index contributed by atoms with van der Waals surface area (Å²) in [4.78, 5) is 0.00396. The minimum absolute atomic E-state index is 0.00396. The van der Waals surface area contributed by atoms with E-state index >= 15 is 0 Å². The first-order valence-electron chi connectivity index (χ1n) is 5.32. The monoisotopic (exact) mass is 266 g/mol. The van der Waals surface area contributed by atoms with E-state index in [9.17, 15) is 8.42 Å². The maximum Gasteiger partial charge on any atom is 0.220 e. The molecule has 0 radical (unpaired) electrons. The third-order valence-electron chi connectivity index (χ3n) is 2.74. The zero-order valence-electron chi connectivity index (χ0n) is 9.13. The first kappa shape index (κ1) is 13.8. The van der Waals surface area contributed by atoms with Crippen LogP contribution >= 0.6 is 12.2 Å². The molecule has 16 heavy (non-hydrogen) atoms. The Balaban J connectivity index is 2.62. The maximum absolute atomic E-state index is 11.8. The molecular formula is C9H18N2O3S2. The predicted octanol–water partition coefficient (Wildman–Crippen LogP) is -0.303.